The van der Waals surface area contributed by atoms with E-state index in [4.69, 9.17) is 42.9 Å². The van der Waals surface area contributed by atoms with Gasteiger partial charge in [-0.2, -0.15) is 0 Å². The Bertz CT molecular complexity index is 1630. The van der Waals surface area contributed by atoms with E-state index < -0.39 is 17.7 Å². The fourth-order valence-corrected chi connectivity index (χ4v) is 3.83. The Labute approximate surface area is 253 Å². The second kappa shape index (κ2) is 16.3. The first-order chi connectivity index (χ1) is 20.2. The quantitative estimate of drug-likeness (QED) is 0.211. The summed E-state index contributed by atoms with van der Waals surface area (Å²) in [5, 5.41) is 18.2. The highest BCUT2D eigenvalue weighted by molar-refractivity contribution is 6.35. The van der Waals surface area contributed by atoms with Gasteiger partial charge < -0.3 is 19.7 Å². The van der Waals surface area contributed by atoms with E-state index in [0.29, 0.717) is 27.6 Å². The predicted molar refractivity (Wildman–Crippen MR) is 160 cm³/mol. The number of ketones is 1. The van der Waals surface area contributed by atoms with Gasteiger partial charge in [-0.1, -0.05) is 59.0 Å². The molecule has 0 aliphatic carbocycles. The fourth-order valence-electron chi connectivity index (χ4n) is 3.34. The number of carbonyl (C=O) groups excluding carboxylic acids is 1. The highest BCUT2D eigenvalue weighted by atomic mass is 35.5. The van der Waals surface area contributed by atoms with E-state index >= 15 is 0 Å². The van der Waals surface area contributed by atoms with E-state index in [-0.39, 0.29) is 31.1 Å². The van der Waals surface area contributed by atoms with E-state index in [1.54, 1.807) is 54.6 Å². The van der Waals surface area contributed by atoms with E-state index in [1.165, 1.54) is 6.07 Å². The summed E-state index contributed by atoms with van der Waals surface area (Å²) in [6.07, 6.45) is 6.45. The summed E-state index contributed by atoms with van der Waals surface area (Å²) in [5.41, 5.74) is 2.66. The number of ether oxygens (including phenoxy) is 2. The van der Waals surface area contributed by atoms with Gasteiger partial charge in [-0.25, -0.2) is 4.79 Å². The van der Waals surface area contributed by atoms with E-state index in [9.17, 15) is 14.4 Å². The largest absolute Gasteiger partial charge is 0.489 e. The summed E-state index contributed by atoms with van der Waals surface area (Å²) < 4.78 is 11.2. The zero-order valence-corrected chi connectivity index (χ0v) is 23.6. The maximum atomic E-state index is 11.3. The molecule has 0 spiro atoms. The SMILES string of the molecule is O=C(O)Cc1ccc(OC/C=C/C#Cc2ccc(C#C/C=C/COc3ccc(CC(=O)C(=O)O)c(Cl)c3)cc2)c(Cl)c1. The molecule has 7 nitrogen and oxygen atoms in total. The third-order valence-corrected chi connectivity index (χ3v) is 6.01. The van der Waals surface area contributed by atoms with Crippen molar-refractivity contribution >= 4 is 40.9 Å². The molecular formula is C33H24Cl2O7. The van der Waals surface area contributed by atoms with Gasteiger partial charge in [0.05, 0.1) is 11.4 Å². The summed E-state index contributed by atoms with van der Waals surface area (Å²) in [5.74, 6) is 9.50. The van der Waals surface area contributed by atoms with Crippen molar-refractivity contribution in [3.05, 3.63) is 117 Å². The third kappa shape index (κ3) is 10.9. The first kappa shape index (κ1) is 31.6. The van der Waals surface area contributed by atoms with Crippen LogP contribution >= 0.6 is 23.2 Å². The number of hydrogen-bond acceptors (Lipinski definition) is 5. The van der Waals surface area contributed by atoms with Crippen molar-refractivity contribution < 1.29 is 34.1 Å². The molecule has 0 aromatic heterocycles. The van der Waals surface area contributed by atoms with E-state index in [0.717, 1.165) is 11.1 Å². The number of carboxylic acids is 2. The lowest BCUT2D eigenvalue weighted by Gasteiger charge is -2.06. The highest BCUT2D eigenvalue weighted by Crippen LogP contribution is 2.26. The number of benzene rings is 3. The van der Waals surface area contributed by atoms with E-state index in [2.05, 4.69) is 23.7 Å². The molecule has 0 heterocycles. The molecule has 0 saturated heterocycles. The van der Waals surface area contributed by atoms with Gasteiger partial charge in [-0.15, -0.1) is 0 Å². The van der Waals surface area contributed by atoms with Gasteiger partial charge in [-0.05, 0) is 84.0 Å². The molecule has 3 rings (SSSR count). The van der Waals surface area contributed by atoms with Gasteiger partial charge in [0.15, 0.2) is 0 Å². The molecule has 0 fully saturated rings. The normalized spacial score (nSPS) is 10.4. The van der Waals surface area contributed by atoms with Gasteiger partial charge >= 0.3 is 11.9 Å². The number of carboxylic acid groups (broad SMARTS) is 2. The average molecular weight is 603 g/mol. The molecule has 42 heavy (non-hydrogen) atoms. The minimum Gasteiger partial charge on any atom is -0.489 e. The summed E-state index contributed by atoms with van der Waals surface area (Å²) >= 11 is 12.2. The topological polar surface area (TPSA) is 110 Å². The number of carbonyl (C=O) groups is 3. The molecule has 0 saturated carbocycles. The van der Waals surface area contributed by atoms with Crippen LogP contribution in [0.5, 0.6) is 11.5 Å². The van der Waals surface area contributed by atoms with Gasteiger partial charge in [0.1, 0.15) is 24.7 Å². The molecule has 0 radical (unpaired) electrons. The molecule has 0 amide bonds. The standard InChI is InChI=1S/C33H24Cl2O7/c34-28-22-27(15-14-26(28)21-30(36)33(39)40)41-17-5-1-3-7-23-9-11-24(12-10-23)8-4-2-6-18-42-31-16-13-25(19-29(31)35)20-32(37)38/h1-2,5-6,9-16,19,22H,17-18,20-21H2,(H,37,38)(H,39,40)/b5-1+,6-2+. The Balaban J connectivity index is 1.41. The summed E-state index contributed by atoms with van der Waals surface area (Å²) in [7, 11) is 0. The zero-order chi connectivity index (χ0) is 30.3. The van der Waals surface area contributed by atoms with Gasteiger partial charge in [0, 0.05) is 22.6 Å². The number of rotatable bonds is 11. The molecule has 2 N–H and O–H groups in total. The molecule has 0 unspecified atom stereocenters. The molecule has 0 aliphatic rings. The number of halogens is 2. The Hall–Kier alpha value is -4.95. The Kier molecular flexibility index (Phi) is 12.3. The van der Waals surface area contributed by atoms with Gasteiger partial charge in [0.2, 0.25) is 5.78 Å². The third-order valence-electron chi connectivity index (χ3n) is 5.37. The van der Waals surface area contributed by atoms with Crippen LogP contribution in [-0.4, -0.2) is 41.1 Å². The smallest absolute Gasteiger partial charge is 0.372 e. The lowest BCUT2D eigenvalue weighted by molar-refractivity contribution is -0.148. The first-order valence-corrected chi connectivity index (χ1v) is 13.2. The monoisotopic (exact) mass is 602 g/mol. The van der Waals surface area contributed by atoms with Crippen LogP contribution in [0.25, 0.3) is 0 Å². The maximum Gasteiger partial charge on any atom is 0.372 e. The van der Waals surface area contributed by atoms with E-state index in [1.807, 2.05) is 24.3 Å². The van der Waals surface area contributed by atoms with Crippen molar-refractivity contribution in [3.63, 3.8) is 0 Å². The molecule has 3 aromatic rings. The van der Waals surface area contributed by atoms with Crippen molar-refractivity contribution in [1.29, 1.82) is 0 Å². The minimum atomic E-state index is -1.50. The Morgan fingerprint density at radius 2 is 1.36 bits per heavy atom. The lowest BCUT2D eigenvalue weighted by Crippen LogP contribution is -2.15. The molecule has 212 valence electrons. The maximum absolute atomic E-state index is 11.3. The van der Waals surface area contributed by atoms with Crippen molar-refractivity contribution in [1.82, 2.24) is 0 Å². The summed E-state index contributed by atoms with van der Waals surface area (Å²) in [6, 6.07) is 17.0. The highest BCUT2D eigenvalue weighted by Gasteiger charge is 2.14. The van der Waals surface area contributed by atoms with Crippen molar-refractivity contribution in [2.45, 2.75) is 12.8 Å². The molecule has 9 heteroatoms. The van der Waals surface area contributed by atoms with Crippen molar-refractivity contribution in [3.8, 4) is 35.2 Å². The van der Waals surface area contributed by atoms with Crippen LogP contribution in [-0.2, 0) is 27.2 Å². The van der Waals surface area contributed by atoms with Crippen LogP contribution in [0, 0.1) is 23.7 Å². The van der Waals surface area contributed by atoms with Crippen LogP contribution in [0.1, 0.15) is 22.3 Å². The van der Waals surface area contributed by atoms with Gasteiger partial charge in [-0.3, -0.25) is 9.59 Å². The van der Waals surface area contributed by atoms with Crippen LogP contribution < -0.4 is 9.47 Å². The van der Waals surface area contributed by atoms with Crippen molar-refractivity contribution in [2.24, 2.45) is 0 Å². The predicted octanol–water partition coefficient (Wildman–Crippen LogP) is 5.79. The minimum absolute atomic E-state index is 0.101. The van der Waals surface area contributed by atoms with Crippen molar-refractivity contribution in [2.75, 3.05) is 13.2 Å². The number of allylic oxidation sites excluding steroid dienone is 2. The fraction of sp³-hybridized carbons (Fsp3) is 0.121. The number of Topliss-reactive ketones (excluding diaryl/α,β-unsaturated/α-hetero) is 1. The van der Waals surface area contributed by atoms with Gasteiger partial charge in [0.25, 0.3) is 0 Å². The number of aliphatic carboxylic acids is 2. The van der Waals surface area contributed by atoms with Crippen LogP contribution in [0.3, 0.4) is 0 Å². The van der Waals surface area contributed by atoms with Crippen LogP contribution in [0.4, 0.5) is 0 Å². The summed E-state index contributed by atoms with van der Waals surface area (Å²) in [4.78, 5) is 32.8. The molecule has 0 bridgehead atoms. The first-order valence-electron chi connectivity index (χ1n) is 12.4. The summed E-state index contributed by atoms with van der Waals surface area (Å²) in [6.45, 7) is 0.508. The molecule has 0 atom stereocenters. The Morgan fingerprint density at radius 1 is 0.738 bits per heavy atom. The van der Waals surface area contributed by atoms with Crippen LogP contribution in [0.2, 0.25) is 10.0 Å². The molecular weight excluding hydrogens is 579 g/mol. The second-order valence-corrected chi connectivity index (χ2v) is 9.35. The van der Waals surface area contributed by atoms with Crippen LogP contribution in [0.15, 0.2) is 85.0 Å². The zero-order valence-electron chi connectivity index (χ0n) is 22.1. The lowest BCUT2D eigenvalue weighted by atomic mass is 10.1. The molecule has 3 aromatic carbocycles. The average Bonchev–Trinajstić information content (AvgIpc) is 2.95. The Morgan fingerprint density at radius 3 is 1.90 bits per heavy atom. The molecule has 0 aliphatic heterocycles. The number of hydrogen-bond donors (Lipinski definition) is 2. The second-order valence-electron chi connectivity index (χ2n) is 8.54.